The van der Waals surface area contributed by atoms with Crippen molar-refractivity contribution in [3.8, 4) is 5.88 Å². The van der Waals surface area contributed by atoms with Gasteiger partial charge in [0.15, 0.2) is 0 Å². The van der Waals surface area contributed by atoms with Gasteiger partial charge in [0.2, 0.25) is 5.88 Å². The van der Waals surface area contributed by atoms with Gasteiger partial charge in [-0.2, -0.15) is 5.10 Å². The molecule has 0 saturated carbocycles. The first kappa shape index (κ1) is 8.11. The van der Waals surface area contributed by atoms with E-state index in [1.807, 2.05) is 6.92 Å². The lowest BCUT2D eigenvalue weighted by molar-refractivity contribution is 0.394. The molecule has 0 radical (unpaired) electrons. The second-order valence-electron chi connectivity index (χ2n) is 2.92. The lowest BCUT2D eigenvalue weighted by atomic mass is 10.1. The van der Waals surface area contributed by atoms with E-state index in [-0.39, 0.29) is 0 Å². The zero-order valence-electron chi connectivity index (χ0n) is 7.43. The molecular formula is C8H14N2O. The third kappa shape index (κ3) is 1.37. The highest BCUT2D eigenvalue weighted by Gasteiger charge is 2.11. The van der Waals surface area contributed by atoms with Crippen LogP contribution in [0.3, 0.4) is 0 Å². The van der Waals surface area contributed by atoms with E-state index < -0.39 is 0 Å². The molecular weight excluding hydrogens is 140 g/mol. The molecule has 1 rings (SSSR count). The second kappa shape index (κ2) is 2.95. The van der Waals surface area contributed by atoms with Crippen molar-refractivity contribution < 1.29 is 4.74 Å². The molecule has 0 spiro atoms. The molecule has 0 aliphatic heterocycles. The number of aromatic nitrogens is 2. The van der Waals surface area contributed by atoms with Gasteiger partial charge in [-0.1, -0.05) is 13.8 Å². The van der Waals surface area contributed by atoms with Crippen LogP contribution in [0.15, 0.2) is 0 Å². The van der Waals surface area contributed by atoms with Gasteiger partial charge in [-0.25, -0.2) is 5.10 Å². The maximum absolute atomic E-state index is 5.06. The molecule has 0 unspecified atom stereocenters. The van der Waals surface area contributed by atoms with Gasteiger partial charge in [-0.3, -0.25) is 0 Å². The summed E-state index contributed by atoms with van der Waals surface area (Å²) in [6.45, 7) is 6.24. The van der Waals surface area contributed by atoms with Gasteiger partial charge >= 0.3 is 0 Å². The number of hydrogen-bond donors (Lipinski definition) is 1. The van der Waals surface area contributed by atoms with Crippen molar-refractivity contribution in [2.45, 2.75) is 26.7 Å². The lowest BCUT2D eigenvalue weighted by Gasteiger charge is -2.00. The first-order valence-corrected chi connectivity index (χ1v) is 3.75. The Morgan fingerprint density at radius 2 is 2.09 bits per heavy atom. The molecule has 0 aliphatic carbocycles. The third-order valence-electron chi connectivity index (χ3n) is 1.75. The Hall–Kier alpha value is -0.990. The fraction of sp³-hybridized carbons (Fsp3) is 0.625. The van der Waals surface area contributed by atoms with Gasteiger partial charge in [0, 0.05) is 5.56 Å². The molecule has 3 heteroatoms. The molecule has 0 aromatic carbocycles. The summed E-state index contributed by atoms with van der Waals surface area (Å²) < 4.78 is 5.06. The first-order chi connectivity index (χ1) is 5.16. The molecule has 0 atom stereocenters. The Labute approximate surface area is 66.8 Å². The van der Waals surface area contributed by atoms with Crippen molar-refractivity contribution in [1.82, 2.24) is 10.2 Å². The molecule has 0 saturated heterocycles. The summed E-state index contributed by atoms with van der Waals surface area (Å²) in [5.74, 6) is 1.23. The van der Waals surface area contributed by atoms with Crippen LogP contribution in [-0.4, -0.2) is 17.3 Å². The Balaban J connectivity index is 3.00. The molecule has 1 heterocycles. The summed E-state index contributed by atoms with van der Waals surface area (Å²) in [7, 11) is 1.64. The van der Waals surface area contributed by atoms with E-state index in [2.05, 4.69) is 24.0 Å². The first-order valence-electron chi connectivity index (χ1n) is 3.75. The number of hydrogen-bond acceptors (Lipinski definition) is 2. The molecule has 11 heavy (non-hydrogen) atoms. The van der Waals surface area contributed by atoms with Crippen molar-refractivity contribution in [3.05, 3.63) is 11.3 Å². The highest BCUT2D eigenvalue weighted by atomic mass is 16.5. The summed E-state index contributed by atoms with van der Waals surface area (Å²) in [4.78, 5) is 0. The van der Waals surface area contributed by atoms with E-state index in [4.69, 9.17) is 4.74 Å². The van der Waals surface area contributed by atoms with Crippen molar-refractivity contribution in [3.63, 3.8) is 0 Å². The van der Waals surface area contributed by atoms with E-state index in [1.54, 1.807) is 7.11 Å². The number of aromatic amines is 1. The Kier molecular flexibility index (Phi) is 2.17. The quantitative estimate of drug-likeness (QED) is 0.706. The monoisotopic (exact) mass is 154 g/mol. The molecule has 62 valence electrons. The standard InChI is InChI=1S/C8H14N2O/c1-5(2)7-6(3)8(11-4)10-9-7/h5H,1-4H3,(H,9,10). The molecule has 0 amide bonds. The van der Waals surface area contributed by atoms with E-state index in [0.29, 0.717) is 5.92 Å². The van der Waals surface area contributed by atoms with E-state index in [9.17, 15) is 0 Å². The van der Waals surface area contributed by atoms with Crippen LogP contribution in [0.25, 0.3) is 0 Å². The molecule has 1 aromatic rings. The van der Waals surface area contributed by atoms with Crippen LogP contribution in [0.4, 0.5) is 0 Å². The third-order valence-corrected chi connectivity index (χ3v) is 1.75. The summed E-state index contributed by atoms with van der Waals surface area (Å²) in [6.07, 6.45) is 0. The summed E-state index contributed by atoms with van der Waals surface area (Å²) in [5, 5.41) is 6.97. The van der Waals surface area contributed by atoms with Crippen LogP contribution in [0.2, 0.25) is 0 Å². The molecule has 0 bridgehead atoms. The van der Waals surface area contributed by atoms with Crippen LogP contribution in [-0.2, 0) is 0 Å². The van der Waals surface area contributed by atoms with Crippen molar-refractivity contribution in [2.24, 2.45) is 0 Å². The van der Waals surface area contributed by atoms with Crippen molar-refractivity contribution in [1.29, 1.82) is 0 Å². The predicted octanol–water partition coefficient (Wildman–Crippen LogP) is 1.85. The number of ether oxygens (including phenoxy) is 1. The minimum absolute atomic E-state index is 0.454. The van der Waals surface area contributed by atoms with Crippen LogP contribution in [0.5, 0.6) is 5.88 Å². The summed E-state index contributed by atoms with van der Waals surface area (Å²) in [6, 6.07) is 0. The Morgan fingerprint density at radius 1 is 1.45 bits per heavy atom. The van der Waals surface area contributed by atoms with Gasteiger partial charge in [0.1, 0.15) is 0 Å². The number of H-pyrrole nitrogens is 1. The van der Waals surface area contributed by atoms with Gasteiger partial charge in [-0.05, 0) is 12.8 Å². The van der Waals surface area contributed by atoms with E-state index in [0.717, 1.165) is 17.1 Å². The highest BCUT2D eigenvalue weighted by Crippen LogP contribution is 2.22. The van der Waals surface area contributed by atoms with E-state index >= 15 is 0 Å². The zero-order valence-corrected chi connectivity index (χ0v) is 7.43. The number of nitrogens with one attached hydrogen (secondary N) is 1. The Morgan fingerprint density at radius 3 is 2.36 bits per heavy atom. The fourth-order valence-corrected chi connectivity index (χ4v) is 1.16. The second-order valence-corrected chi connectivity index (χ2v) is 2.92. The smallest absolute Gasteiger partial charge is 0.212 e. The largest absolute Gasteiger partial charge is 0.481 e. The van der Waals surface area contributed by atoms with Crippen molar-refractivity contribution >= 4 is 0 Å². The van der Waals surface area contributed by atoms with Gasteiger partial charge in [-0.15, -0.1) is 0 Å². The predicted molar refractivity (Wildman–Crippen MR) is 44.0 cm³/mol. The van der Waals surface area contributed by atoms with Gasteiger partial charge in [0.25, 0.3) is 0 Å². The van der Waals surface area contributed by atoms with Gasteiger partial charge < -0.3 is 4.74 Å². The minimum Gasteiger partial charge on any atom is -0.481 e. The number of rotatable bonds is 2. The highest BCUT2D eigenvalue weighted by molar-refractivity contribution is 5.30. The molecule has 1 aromatic heterocycles. The van der Waals surface area contributed by atoms with Crippen LogP contribution >= 0.6 is 0 Å². The maximum atomic E-state index is 5.06. The van der Waals surface area contributed by atoms with Crippen LogP contribution in [0.1, 0.15) is 31.0 Å². The zero-order chi connectivity index (χ0) is 8.43. The average molecular weight is 154 g/mol. The maximum Gasteiger partial charge on any atom is 0.212 e. The lowest BCUT2D eigenvalue weighted by Crippen LogP contribution is -1.90. The molecule has 1 N–H and O–H groups in total. The van der Waals surface area contributed by atoms with Gasteiger partial charge in [0.05, 0.1) is 12.8 Å². The van der Waals surface area contributed by atoms with Crippen LogP contribution < -0.4 is 4.74 Å². The van der Waals surface area contributed by atoms with Crippen LogP contribution in [0, 0.1) is 6.92 Å². The van der Waals surface area contributed by atoms with Crippen molar-refractivity contribution in [2.75, 3.05) is 7.11 Å². The minimum atomic E-state index is 0.454. The Bertz CT molecular complexity index is 240. The average Bonchev–Trinajstić information content (AvgIpc) is 2.30. The summed E-state index contributed by atoms with van der Waals surface area (Å²) >= 11 is 0. The van der Waals surface area contributed by atoms with E-state index in [1.165, 1.54) is 0 Å². The number of methoxy groups -OCH3 is 1. The molecule has 0 aliphatic rings. The SMILES string of the molecule is COc1[nH]nc(C(C)C)c1C. The topological polar surface area (TPSA) is 37.9 Å². The number of nitrogens with zero attached hydrogens (tertiary/aromatic N) is 1. The molecule has 0 fully saturated rings. The normalized spacial score (nSPS) is 10.6. The summed E-state index contributed by atoms with van der Waals surface area (Å²) in [5.41, 5.74) is 2.20. The fourth-order valence-electron chi connectivity index (χ4n) is 1.16. The molecule has 3 nitrogen and oxygen atoms in total.